The standard InChI is InChI=1S/C19H23N/c1-14-7-8-15(2)17(13-14)10-9-16-11-12-20-19-6-4-3-5-18(16)19/h3-8,13,16,20H,9-12H2,1-2H3. The maximum atomic E-state index is 3.51. The van der Waals surface area contributed by atoms with Gasteiger partial charge in [0.2, 0.25) is 0 Å². The van der Waals surface area contributed by atoms with E-state index >= 15 is 0 Å². The maximum Gasteiger partial charge on any atom is 0.0375 e. The molecule has 0 amide bonds. The van der Waals surface area contributed by atoms with E-state index in [0.717, 1.165) is 6.54 Å². The van der Waals surface area contributed by atoms with E-state index in [1.165, 1.54) is 47.2 Å². The van der Waals surface area contributed by atoms with E-state index in [9.17, 15) is 0 Å². The highest BCUT2D eigenvalue weighted by atomic mass is 14.9. The summed E-state index contributed by atoms with van der Waals surface area (Å²) in [5.74, 6) is 0.701. The summed E-state index contributed by atoms with van der Waals surface area (Å²) in [6.07, 6.45) is 3.69. The molecule has 1 heteroatoms. The van der Waals surface area contributed by atoms with Gasteiger partial charge in [0.05, 0.1) is 0 Å². The molecule has 0 spiro atoms. The zero-order chi connectivity index (χ0) is 13.9. The van der Waals surface area contributed by atoms with Crippen molar-refractivity contribution in [3.63, 3.8) is 0 Å². The van der Waals surface area contributed by atoms with Gasteiger partial charge in [-0.2, -0.15) is 0 Å². The lowest BCUT2D eigenvalue weighted by molar-refractivity contribution is 0.578. The van der Waals surface area contributed by atoms with Crippen molar-refractivity contribution in [2.45, 2.75) is 39.0 Å². The summed E-state index contributed by atoms with van der Waals surface area (Å²) in [6, 6.07) is 15.6. The van der Waals surface area contributed by atoms with Crippen molar-refractivity contribution >= 4 is 5.69 Å². The first kappa shape index (κ1) is 13.2. The molecule has 0 bridgehead atoms. The monoisotopic (exact) mass is 265 g/mol. The number of nitrogens with one attached hydrogen (secondary N) is 1. The van der Waals surface area contributed by atoms with Crippen LogP contribution in [0.5, 0.6) is 0 Å². The average molecular weight is 265 g/mol. The van der Waals surface area contributed by atoms with Crippen LogP contribution in [-0.4, -0.2) is 6.54 Å². The van der Waals surface area contributed by atoms with Crippen LogP contribution >= 0.6 is 0 Å². The van der Waals surface area contributed by atoms with Crippen LogP contribution in [0.1, 0.15) is 41.0 Å². The number of benzene rings is 2. The Morgan fingerprint density at radius 2 is 1.95 bits per heavy atom. The number of rotatable bonds is 3. The molecule has 0 fully saturated rings. The molecule has 3 rings (SSSR count). The summed E-state index contributed by atoms with van der Waals surface area (Å²) in [5, 5.41) is 3.51. The Kier molecular flexibility index (Phi) is 3.77. The van der Waals surface area contributed by atoms with Gasteiger partial charge in [0.25, 0.3) is 0 Å². The Morgan fingerprint density at radius 1 is 1.10 bits per heavy atom. The molecule has 20 heavy (non-hydrogen) atoms. The first-order valence-electron chi connectivity index (χ1n) is 7.63. The van der Waals surface area contributed by atoms with Crippen molar-refractivity contribution in [1.82, 2.24) is 0 Å². The zero-order valence-electron chi connectivity index (χ0n) is 12.4. The van der Waals surface area contributed by atoms with E-state index in [0.29, 0.717) is 5.92 Å². The van der Waals surface area contributed by atoms with Crippen LogP contribution in [0.25, 0.3) is 0 Å². The quantitative estimate of drug-likeness (QED) is 0.837. The van der Waals surface area contributed by atoms with Gasteiger partial charge in [0.1, 0.15) is 0 Å². The molecule has 2 aromatic rings. The molecule has 0 aromatic heterocycles. The van der Waals surface area contributed by atoms with Gasteiger partial charge in [-0.25, -0.2) is 0 Å². The molecule has 1 N–H and O–H groups in total. The first-order chi connectivity index (χ1) is 9.74. The van der Waals surface area contributed by atoms with Crippen molar-refractivity contribution < 1.29 is 0 Å². The summed E-state index contributed by atoms with van der Waals surface area (Å²) in [6.45, 7) is 5.52. The predicted molar refractivity (Wildman–Crippen MR) is 86.5 cm³/mol. The summed E-state index contributed by atoms with van der Waals surface area (Å²) in [7, 11) is 0. The van der Waals surface area contributed by atoms with E-state index in [1.807, 2.05) is 0 Å². The van der Waals surface area contributed by atoms with Gasteiger partial charge in [-0.05, 0) is 61.8 Å². The second kappa shape index (κ2) is 5.70. The topological polar surface area (TPSA) is 12.0 Å². The number of anilines is 1. The molecule has 1 nitrogen and oxygen atoms in total. The minimum atomic E-state index is 0.701. The van der Waals surface area contributed by atoms with E-state index in [-0.39, 0.29) is 0 Å². The summed E-state index contributed by atoms with van der Waals surface area (Å²) in [4.78, 5) is 0. The van der Waals surface area contributed by atoms with Gasteiger partial charge in [0, 0.05) is 12.2 Å². The van der Waals surface area contributed by atoms with Crippen LogP contribution in [0, 0.1) is 13.8 Å². The second-order valence-electron chi connectivity index (χ2n) is 5.97. The van der Waals surface area contributed by atoms with Gasteiger partial charge in [0.15, 0.2) is 0 Å². The number of hydrogen-bond donors (Lipinski definition) is 1. The third-order valence-corrected chi connectivity index (χ3v) is 4.48. The van der Waals surface area contributed by atoms with Gasteiger partial charge in [-0.15, -0.1) is 0 Å². The molecule has 1 atom stereocenters. The molecule has 104 valence electrons. The molecular formula is C19H23N. The fraction of sp³-hybridized carbons (Fsp3) is 0.368. The van der Waals surface area contributed by atoms with Gasteiger partial charge in [-0.3, -0.25) is 0 Å². The third kappa shape index (κ3) is 2.72. The lowest BCUT2D eigenvalue weighted by Crippen LogP contribution is -2.17. The van der Waals surface area contributed by atoms with Crippen LogP contribution in [-0.2, 0) is 6.42 Å². The van der Waals surface area contributed by atoms with Crippen LogP contribution in [0.3, 0.4) is 0 Å². The Morgan fingerprint density at radius 3 is 2.85 bits per heavy atom. The molecule has 2 aromatic carbocycles. The van der Waals surface area contributed by atoms with Crippen LogP contribution < -0.4 is 5.32 Å². The van der Waals surface area contributed by atoms with E-state index in [2.05, 4.69) is 61.6 Å². The van der Waals surface area contributed by atoms with Crippen LogP contribution in [0.15, 0.2) is 42.5 Å². The Labute approximate surface area is 122 Å². The predicted octanol–water partition coefficient (Wildman–Crippen LogP) is 4.84. The number of aryl methyl sites for hydroxylation is 3. The highest BCUT2D eigenvalue weighted by molar-refractivity contribution is 5.54. The minimum Gasteiger partial charge on any atom is -0.385 e. The molecule has 1 aliphatic heterocycles. The molecule has 0 saturated heterocycles. The van der Waals surface area contributed by atoms with Gasteiger partial charge in [-0.1, -0.05) is 42.0 Å². The largest absolute Gasteiger partial charge is 0.385 e. The molecular weight excluding hydrogens is 242 g/mol. The van der Waals surface area contributed by atoms with Gasteiger partial charge < -0.3 is 5.32 Å². The summed E-state index contributed by atoms with van der Waals surface area (Å²) >= 11 is 0. The Bertz CT molecular complexity index is 600. The van der Waals surface area contributed by atoms with Crippen LogP contribution in [0.2, 0.25) is 0 Å². The lowest BCUT2D eigenvalue weighted by atomic mass is 9.85. The fourth-order valence-corrected chi connectivity index (χ4v) is 3.25. The number of para-hydroxylation sites is 1. The number of hydrogen-bond acceptors (Lipinski definition) is 1. The normalized spacial score (nSPS) is 17.4. The van der Waals surface area contributed by atoms with Gasteiger partial charge >= 0.3 is 0 Å². The van der Waals surface area contributed by atoms with E-state index < -0.39 is 0 Å². The molecule has 1 unspecified atom stereocenters. The fourth-order valence-electron chi connectivity index (χ4n) is 3.25. The number of fused-ring (bicyclic) bond motifs is 1. The molecule has 0 aliphatic carbocycles. The zero-order valence-corrected chi connectivity index (χ0v) is 12.4. The van der Waals surface area contributed by atoms with Crippen LogP contribution in [0.4, 0.5) is 5.69 Å². The average Bonchev–Trinajstić information content (AvgIpc) is 2.48. The second-order valence-corrected chi connectivity index (χ2v) is 5.97. The Balaban J connectivity index is 1.75. The maximum absolute atomic E-state index is 3.51. The summed E-state index contributed by atoms with van der Waals surface area (Å²) < 4.78 is 0. The van der Waals surface area contributed by atoms with Crippen molar-refractivity contribution in [2.75, 3.05) is 11.9 Å². The molecule has 1 aliphatic rings. The highest BCUT2D eigenvalue weighted by Gasteiger charge is 2.19. The molecule has 0 radical (unpaired) electrons. The third-order valence-electron chi connectivity index (χ3n) is 4.48. The molecule has 0 saturated carbocycles. The van der Waals surface area contributed by atoms with Crippen molar-refractivity contribution in [3.05, 3.63) is 64.7 Å². The van der Waals surface area contributed by atoms with Crippen molar-refractivity contribution in [2.24, 2.45) is 0 Å². The minimum absolute atomic E-state index is 0.701. The van der Waals surface area contributed by atoms with Crippen molar-refractivity contribution in [1.29, 1.82) is 0 Å². The highest BCUT2D eigenvalue weighted by Crippen LogP contribution is 2.34. The SMILES string of the molecule is Cc1ccc(C)c(CCC2CCNc3ccccc32)c1. The first-order valence-corrected chi connectivity index (χ1v) is 7.63. The Hall–Kier alpha value is -1.76. The van der Waals surface area contributed by atoms with E-state index in [4.69, 9.17) is 0 Å². The summed E-state index contributed by atoms with van der Waals surface area (Å²) in [5.41, 5.74) is 7.16. The lowest BCUT2D eigenvalue weighted by Gasteiger charge is -2.27. The smallest absolute Gasteiger partial charge is 0.0375 e. The molecule has 1 heterocycles. The van der Waals surface area contributed by atoms with Crippen molar-refractivity contribution in [3.8, 4) is 0 Å². The van der Waals surface area contributed by atoms with E-state index in [1.54, 1.807) is 0 Å².